The van der Waals surface area contributed by atoms with Gasteiger partial charge >= 0.3 is 6.03 Å². The van der Waals surface area contributed by atoms with Crippen molar-refractivity contribution in [3.63, 3.8) is 0 Å². The first-order valence-corrected chi connectivity index (χ1v) is 8.47. The number of nitrogens with one attached hydrogen (secondary N) is 3. The van der Waals surface area contributed by atoms with Crippen LogP contribution in [-0.2, 0) is 11.2 Å². The van der Waals surface area contributed by atoms with E-state index in [0.29, 0.717) is 0 Å². The van der Waals surface area contributed by atoms with E-state index in [1.165, 1.54) is 12.6 Å². The number of urea groups is 1. The number of imide groups is 1. The maximum Gasteiger partial charge on any atom is 0.321 e. The van der Waals surface area contributed by atoms with Crippen molar-refractivity contribution in [2.75, 3.05) is 7.05 Å². The average molecular weight is 339 g/mol. The molecule has 0 aliphatic heterocycles. The van der Waals surface area contributed by atoms with Gasteiger partial charge in [-0.15, -0.1) is 0 Å². The number of hydrogen-bond acceptors (Lipinski definition) is 3. The average Bonchev–Trinajstić information content (AvgIpc) is 2.66. The Bertz CT molecular complexity index is 674. The molecule has 3 N–H and O–H groups in total. The summed E-state index contributed by atoms with van der Waals surface area (Å²) in [5, 5.41) is 8.03. The predicted molar refractivity (Wildman–Crippen MR) is 99.1 cm³/mol. The highest BCUT2D eigenvalue weighted by Crippen LogP contribution is 2.20. The number of amides is 3. The monoisotopic (exact) mass is 339 g/mol. The quantitative estimate of drug-likeness (QED) is 0.726. The van der Waals surface area contributed by atoms with Crippen molar-refractivity contribution in [2.45, 2.75) is 31.8 Å². The molecular weight excluding hydrogens is 314 g/mol. The van der Waals surface area contributed by atoms with E-state index in [1.54, 1.807) is 6.92 Å². The summed E-state index contributed by atoms with van der Waals surface area (Å²) in [5.74, 6) is -0.347. The van der Waals surface area contributed by atoms with Crippen LogP contribution in [0.25, 0.3) is 0 Å². The Labute approximate surface area is 148 Å². The Morgan fingerprint density at radius 1 is 0.960 bits per heavy atom. The van der Waals surface area contributed by atoms with Crippen LogP contribution in [0.4, 0.5) is 4.79 Å². The van der Waals surface area contributed by atoms with Crippen LogP contribution in [0.15, 0.2) is 60.7 Å². The Balaban J connectivity index is 2.04. The smallest absolute Gasteiger partial charge is 0.321 e. The SMILES string of the molecule is CNC(=O)NC(=O)C(C)NC(CCc1ccccc1)c1ccccc1. The van der Waals surface area contributed by atoms with Crippen LogP contribution in [0.5, 0.6) is 0 Å². The second kappa shape index (κ2) is 9.59. The first-order valence-electron chi connectivity index (χ1n) is 8.47. The van der Waals surface area contributed by atoms with E-state index in [1.807, 2.05) is 48.5 Å². The molecule has 0 fully saturated rings. The minimum Gasteiger partial charge on any atom is -0.341 e. The lowest BCUT2D eigenvalue weighted by molar-refractivity contribution is -0.121. The molecule has 0 radical (unpaired) electrons. The molecule has 0 spiro atoms. The molecule has 5 nitrogen and oxygen atoms in total. The van der Waals surface area contributed by atoms with Gasteiger partial charge in [-0.05, 0) is 30.9 Å². The summed E-state index contributed by atoms with van der Waals surface area (Å²) in [6.45, 7) is 1.76. The molecule has 0 heterocycles. The van der Waals surface area contributed by atoms with Crippen molar-refractivity contribution in [2.24, 2.45) is 0 Å². The highest BCUT2D eigenvalue weighted by atomic mass is 16.2. The molecule has 2 atom stereocenters. The van der Waals surface area contributed by atoms with E-state index in [9.17, 15) is 9.59 Å². The second-order valence-corrected chi connectivity index (χ2v) is 5.94. The fourth-order valence-electron chi connectivity index (χ4n) is 2.65. The lowest BCUT2D eigenvalue weighted by Gasteiger charge is -2.23. The predicted octanol–water partition coefficient (Wildman–Crippen LogP) is 2.79. The first kappa shape index (κ1) is 18.7. The summed E-state index contributed by atoms with van der Waals surface area (Å²) in [6.07, 6.45) is 1.75. The van der Waals surface area contributed by atoms with Gasteiger partial charge in [-0.3, -0.25) is 15.4 Å². The van der Waals surface area contributed by atoms with E-state index in [4.69, 9.17) is 0 Å². The fraction of sp³-hybridized carbons (Fsp3) is 0.300. The number of rotatable bonds is 7. The third-order valence-corrected chi connectivity index (χ3v) is 4.07. The zero-order valence-electron chi connectivity index (χ0n) is 14.7. The van der Waals surface area contributed by atoms with E-state index < -0.39 is 12.1 Å². The largest absolute Gasteiger partial charge is 0.341 e. The molecule has 3 amide bonds. The van der Waals surface area contributed by atoms with Crippen molar-refractivity contribution < 1.29 is 9.59 Å². The van der Waals surface area contributed by atoms with E-state index in [-0.39, 0.29) is 11.9 Å². The maximum absolute atomic E-state index is 12.1. The number of aryl methyl sites for hydroxylation is 1. The molecule has 0 aliphatic carbocycles. The third kappa shape index (κ3) is 6.04. The highest BCUT2D eigenvalue weighted by Gasteiger charge is 2.20. The molecule has 2 rings (SSSR count). The van der Waals surface area contributed by atoms with Crippen LogP contribution in [0.1, 0.15) is 30.5 Å². The van der Waals surface area contributed by atoms with Gasteiger partial charge in [0.25, 0.3) is 0 Å². The van der Waals surface area contributed by atoms with Crippen LogP contribution in [0.2, 0.25) is 0 Å². The van der Waals surface area contributed by atoms with Crippen molar-refractivity contribution in [3.05, 3.63) is 71.8 Å². The third-order valence-electron chi connectivity index (χ3n) is 4.07. The van der Waals surface area contributed by atoms with Crippen LogP contribution in [0, 0.1) is 0 Å². The molecule has 2 aromatic carbocycles. The molecule has 0 bridgehead atoms. The summed E-state index contributed by atoms with van der Waals surface area (Å²) in [4.78, 5) is 23.4. The normalized spacial score (nSPS) is 12.9. The Morgan fingerprint density at radius 3 is 2.16 bits per heavy atom. The number of carbonyl (C=O) groups is 2. The minimum absolute atomic E-state index is 0.0202. The molecule has 0 saturated carbocycles. The van der Waals surface area contributed by atoms with Gasteiger partial charge in [0.1, 0.15) is 0 Å². The zero-order chi connectivity index (χ0) is 18.1. The van der Waals surface area contributed by atoms with Gasteiger partial charge in [0.2, 0.25) is 5.91 Å². The van der Waals surface area contributed by atoms with Gasteiger partial charge in [0.05, 0.1) is 6.04 Å². The molecule has 132 valence electrons. The molecule has 5 heteroatoms. The molecule has 2 unspecified atom stereocenters. The number of benzene rings is 2. The Morgan fingerprint density at radius 2 is 1.56 bits per heavy atom. The Kier molecular flexibility index (Phi) is 7.16. The summed E-state index contributed by atoms with van der Waals surface area (Å²) < 4.78 is 0. The lowest BCUT2D eigenvalue weighted by Crippen LogP contribution is -2.48. The van der Waals surface area contributed by atoms with Crippen LogP contribution in [-0.4, -0.2) is 25.0 Å². The summed E-state index contributed by atoms with van der Waals surface area (Å²) in [5.41, 5.74) is 2.38. The lowest BCUT2D eigenvalue weighted by atomic mass is 9.98. The summed E-state index contributed by atoms with van der Waals surface area (Å²) in [6, 6.07) is 19.3. The van der Waals surface area contributed by atoms with Gasteiger partial charge in [-0.25, -0.2) is 4.79 Å². The van der Waals surface area contributed by atoms with E-state index in [2.05, 4.69) is 28.1 Å². The van der Waals surface area contributed by atoms with Crippen molar-refractivity contribution in [3.8, 4) is 0 Å². The van der Waals surface area contributed by atoms with Gasteiger partial charge < -0.3 is 5.32 Å². The second-order valence-electron chi connectivity index (χ2n) is 5.94. The Hall–Kier alpha value is -2.66. The maximum atomic E-state index is 12.1. The molecule has 0 saturated heterocycles. The molecule has 0 aliphatic rings. The number of hydrogen-bond donors (Lipinski definition) is 3. The van der Waals surface area contributed by atoms with Gasteiger partial charge in [-0.2, -0.15) is 0 Å². The fourth-order valence-corrected chi connectivity index (χ4v) is 2.65. The van der Waals surface area contributed by atoms with Crippen LogP contribution >= 0.6 is 0 Å². The molecule has 0 aromatic heterocycles. The van der Waals surface area contributed by atoms with Crippen molar-refractivity contribution >= 4 is 11.9 Å². The molecule has 2 aromatic rings. The van der Waals surface area contributed by atoms with Gasteiger partial charge in [-0.1, -0.05) is 60.7 Å². The molecular formula is C20H25N3O2. The van der Waals surface area contributed by atoms with Gasteiger partial charge in [0, 0.05) is 13.1 Å². The standard InChI is InChI=1S/C20H25N3O2/c1-15(19(24)23-20(25)21-2)22-18(17-11-7-4-8-12-17)14-13-16-9-5-3-6-10-16/h3-12,15,18,22H,13-14H2,1-2H3,(H2,21,23,24,25). The van der Waals surface area contributed by atoms with Gasteiger partial charge in [0.15, 0.2) is 0 Å². The van der Waals surface area contributed by atoms with Crippen molar-refractivity contribution in [1.82, 2.24) is 16.0 Å². The summed E-state index contributed by atoms with van der Waals surface area (Å²) in [7, 11) is 1.48. The zero-order valence-corrected chi connectivity index (χ0v) is 14.7. The van der Waals surface area contributed by atoms with Crippen LogP contribution < -0.4 is 16.0 Å². The summed E-state index contributed by atoms with van der Waals surface area (Å²) >= 11 is 0. The molecule has 25 heavy (non-hydrogen) atoms. The topological polar surface area (TPSA) is 70.2 Å². The van der Waals surface area contributed by atoms with E-state index >= 15 is 0 Å². The van der Waals surface area contributed by atoms with E-state index in [0.717, 1.165) is 18.4 Å². The van der Waals surface area contributed by atoms with Crippen molar-refractivity contribution in [1.29, 1.82) is 0 Å². The number of carbonyl (C=O) groups excluding carboxylic acids is 2. The minimum atomic E-state index is -0.501. The van der Waals surface area contributed by atoms with Crippen LogP contribution in [0.3, 0.4) is 0 Å². The highest BCUT2D eigenvalue weighted by molar-refractivity contribution is 5.96. The first-order chi connectivity index (χ1) is 12.1.